The lowest BCUT2D eigenvalue weighted by atomic mass is 9.80. The van der Waals surface area contributed by atoms with Crippen LogP contribution in [-0.2, 0) is 11.3 Å². The molecule has 7 nitrogen and oxygen atoms in total. The summed E-state index contributed by atoms with van der Waals surface area (Å²) in [6.07, 6.45) is 6.17. The minimum Gasteiger partial charge on any atom is -0.388 e. The van der Waals surface area contributed by atoms with Crippen molar-refractivity contribution in [2.24, 2.45) is 10.9 Å². The minimum absolute atomic E-state index is 0.00981. The quantitative estimate of drug-likeness (QED) is 0.499. The second kappa shape index (κ2) is 11.2. The van der Waals surface area contributed by atoms with Crippen molar-refractivity contribution in [3.63, 3.8) is 0 Å². The highest BCUT2D eigenvalue weighted by atomic mass is 35.5. The van der Waals surface area contributed by atoms with Gasteiger partial charge in [-0.3, -0.25) is 4.79 Å². The van der Waals surface area contributed by atoms with Gasteiger partial charge in [-0.15, -0.1) is 0 Å². The van der Waals surface area contributed by atoms with Gasteiger partial charge in [-0.25, -0.2) is 4.99 Å². The van der Waals surface area contributed by atoms with E-state index in [1.54, 1.807) is 0 Å². The van der Waals surface area contributed by atoms with Crippen molar-refractivity contribution in [1.82, 2.24) is 19.7 Å². The molecule has 2 N–H and O–H groups in total. The number of nitrogens with zero attached hydrogens (tertiary/aromatic N) is 4. The van der Waals surface area contributed by atoms with Crippen LogP contribution in [-0.4, -0.2) is 70.4 Å². The molecule has 1 amide bonds. The lowest BCUT2D eigenvalue weighted by Gasteiger charge is -2.43. The number of piperidine rings is 2. The van der Waals surface area contributed by atoms with Gasteiger partial charge in [-0.1, -0.05) is 54.1 Å². The number of nitrogens with one attached hydrogen (secondary N) is 1. The Kier molecular flexibility index (Phi) is 7.47. The molecule has 8 heteroatoms. The summed E-state index contributed by atoms with van der Waals surface area (Å²) in [7, 11) is 0. The van der Waals surface area contributed by atoms with Crippen LogP contribution in [0.2, 0.25) is 5.02 Å². The third-order valence-electron chi connectivity index (χ3n) is 8.48. The van der Waals surface area contributed by atoms with Gasteiger partial charge in [0.1, 0.15) is 12.2 Å². The van der Waals surface area contributed by atoms with Gasteiger partial charge in [0.05, 0.1) is 5.60 Å². The Morgan fingerprint density at radius 1 is 1.08 bits per heavy atom. The van der Waals surface area contributed by atoms with Crippen LogP contribution in [0.3, 0.4) is 0 Å². The van der Waals surface area contributed by atoms with Gasteiger partial charge in [0.15, 0.2) is 0 Å². The molecular formula is C31H36ClN5O2. The number of halogens is 1. The summed E-state index contributed by atoms with van der Waals surface area (Å²) in [5.74, 6) is 0.419. The van der Waals surface area contributed by atoms with Gasteiger partial charge in [0.25, 0.3) is 0 Å². The number of β-amino-alcohol motifs (C(OH)–C–C–N with tert-alkyl or cyclic N) is 1. The number of hydrogen-bond acceptors (Lipinski definition) is 5. The van der Waals surface area contributed by atoms with Crippen LogP contribution in [0.15, 0.2) is 71.9 Å². The molecule has 0 spiro atoms. The molecule has 0 saturated carbocycles. The van der Waals surface area contributed by atoms with E-state index in [-0.39, 0.29) is 17.7 Å². The summed E-state index contributed by atoms with van der Waals surface area (Å²) in [5.41, 5.74) is 2.52. The Morgan fingerprint density at radius 3 is 2.62 bits per heavy atom. The van der Waals surface area contributed by atoms with E-state index < -0.39 is 5.60 Å². The lowest BCUT2D eigenvalue weighted by Crippen LogP contribution is -2.54. The molecule has 2 fully saturated rings. The van der Waals surface area contributed by atoms with Crippen molar-refractivity contribution < 1.29 is 9.90 Å². The zero-order chi connectivity index (χ0) is 26.8. The van der Waals surface area contributed by atoms with E-state index in [1.165, 1.54) is 11.1 Å². The molecular weight excluding hydrogens is 510 g/mol. The molecule has 0 bridgehead atoms. The Bertz CT molecular complexity index is 1410. The largest absolute Gasteiger partial charge is 0.388 e. The molecule has 204 valence electrons. The Labute approximate surface area is 234 Å². The topological polar surface area (TPSA) is 73.1 Å². The van der Waals surface area contributed by atoms with Crippen molar-refractivity contribution in [2.45, 2.75) is 37.3 Å². The van der Waals surface area contributed by atoms with E-state index in [4.69, 9.17) is 16.6 Å². The third kappa shape index (κ3) is 5.76. The average Bonchev–Trinajstić information content (AvgIpc) is 3.36. The average molecular weight is 546 g/mol. The molecule has 3 aromatic rings. The van der Waals surface area contributed by atoms with E-state index in [1.807, 2.05) is 47.4 Å². The zero-order valence-electron chi connectivity index (χ0n) is 22.2. The van der Waals surface area contributed by atoms with Crippen molar-refractivity contribution in [3.8, 4) is 0 Å². The summed E-state index contributed by atoms with van der Waals surface area (Å²) in [5, 5.41) is 16.7. The maximum atomic E-state index is 13.6. The summed E-state index contributed by atoms with van der Waals surface area (Å²) >= 11 is 6.03. The number of hydrogen-bond donors (Lipinski definition) is 2. The highest BCUT2D eigenvalue weighted by molar-refractivity contribution is 6.30. The molecule has 4 heterocycles. The minimum atomic E-state index is -0.834. The van der Waals surface area contributed by atoms with Gasteiger partial charge < -0.3 is 24.8 Å². The van der Waals surface area contributed by atoms with Crippen LogP contribution < -0.4 is 16.0 Å². The highest BCUT2D eigenvalue weighted by Gasteiger charge is 2.39. The SMILES string of the molecule is O=C([C@@H]1CCNC[C@H]1c1ccccc1)N1CCC(O)(CN2C=c3ccn(Cc4ccc(Cl)cc4)c3=NC2)CC1. The molecule has 1 aromatic heterocycles. The first-order chi connectivity index (χ1) is 19.0. The van der Waals surface area contributed by atoms with Crippen molar-refractivity contribution in [2.75, 3.05) is 39.4 Å². The second-order valence-electron chi connectivity index (χ2n) is 11.2. The molecule has 2 saturated heterocycles. The van der Waals surface area contributed by atoms with Crippen LogP contribution in [0, 0.1) is 5.92 Å². The maximum absolute atomic E-state index is 13.6. The lowest BCUT2D eigenvalue weighted by molar-refractivity contribution is -0.141. The standard InChI is InChI=1S/C31H36ClN5O2/c32-26-8-6-23(7-9-26)19-37-15-11-25-20-35(22-34-29(25)37)21-31(39)12-16-36(17-13-31)30(38)27-10-14-33-18-28(27)24-4-2-1-3-5-24/h1-9,11,15,20,27-28,33,39H,10,12-14,16-19,21-22H2/t27-,28+/m1/s1. The fourth-order valence-electron chi connectivity index (χ4n) is 6.29. The fraction of sp³-hybridized carbons (Fsp3) is 0.419. The first-order valence-electron chi connectivity index (χ1n) is 13.9. The van der Waals surface area contributed by atoms with Gasteiger partial charge in [-0.2, -0.15) is 0 Å². The Balaban J connectivity index is 1.07. The molecule has 2 atom stereocenters. The highest BCUT2D eigenvalue weighted by Crippen LogP contribution is 2.33. The Morgan fingerprint density at radius 2 is 1.85 bits per heavy atom. The number of likely N-dealkylation sites (tertiary alicyclic amines) is 1. The monoisotopic (exact) mass is 545 g/mol. The predicted molar refractivity (Wildman–Crippen MR) is 153 cm³/mol. The van der Waals surface area contributed by atoms with E-state index in [2.05, 4.69) is 45.4 Å². The smallest absolute Gasteiger partial charge is 0.226 e. The van der Waals surface area contributed by atoms with E-state index in [0.29, 0.717) is 39.1 Å². The molecule has 39 heavy (non-hydrogen) atoms. The van der Waals surface area contributed by atoms with Crippen molar-refractivity contribution >= 4 is 23.7 Å². The molecule has 0 radical (unpaired) electrons. The number of benzene rings is 2. The molecule has 3 aliphatic rings. The molecule has 0 unspecified atom stereocenters. The van der Waals surface area contributed by atoms with Crippen LogP contribution >= 0.6 is 11.6 Å². The fourth-order valence-corrected chi connectivity index (χ4v) is 6.41. The van der Waals surface area contributed by atoms with E-state index in [0.717, 1.165) is 41.8 Å². The number of fused-ring (bicyclic) bond motifs is 1. The van der Waals surface area contributed by atoms with Crippen LogP contribution in [0.25, 0.3) is 6.20 Å². The van der Waals surface area contributed by atoms with Crippen LogP contribution in [0.1, 0.15) is 36.3 Å². The Hall–Kier alpha value is -3.13. The molecule has 6 rings (SSSR count). The maximum Gasteiger partial charge on any atom is 0.226 e. The zero-order valence-corrected chi connectivity index (χ0v) is 22.9. The summed E-state index contributed by atoms with van der Waals surface area (Å²) in [4.78, 5) is 22.5. The number of aromatic nitrogens is 1. The predicted octanol–water partition coefficient (Wildman–Crippen LogP) is 2.57. The van der Waals surface area contributed by atoms with Gasteiger partial charge in [0, 0.05) is 67.2 Å². The molecule has 0 aliphatic carbocycles. The van der Waals surface area contributed by atoms with E-state index in [9.17, 15) is 9.90 Å². The van der Waals surface area contributed by atoms with Gasteiger partial charge in [0.2, 0.25) is 5.91 Å². The first kappa shape index (κ1) is 26.1. The number of rotatable bonds is 6. The molecule has 2 aromatic carbocycles. The van der Waals surface area contributed by atoms with Crippen molar-refractivity contribution in [3.05, 3.63) is 93.7 Å². The molecule has 3 aliphatic heterocycles. The van der Waals surface area contributed by atoms with E-state index >= 15 is 0 Å². The van der Waals surface area contributed by atoms with Crippen LogP contribution in [0.4, 0.5) is 0 Å². The number of aliphatic hydroxyl groups is 1. The van der Waals surface area contributed by atoms with Gasteiger partial charge >= 0.3 is 0 Å². The number of carbonyl (C=O) groups excluding carboxylic acids is 1. The summed E-state index contributed by atoms with van der Waals surface area (Å²) in [6, 6.07) is 20.3. The summed E-state index contributed by atoms with van der Waals surface area (Å²) < 4.78 is 2.15. The second-order valence-corrected chi connectivity index (χ2v) is 11.6. The van der Waals surface area contributed by atoms with Crippen LogP contribution in [0.5, 0.6) is 0 Å². The summed E-state index contributed by atoms with van der Waals surface area (Å²) in [6.45, 7) is 4.64. The number of amides is 1. The third-order valence-corrected chi connectivity index (χ3v) is 8.74. The first-order valence-corrected chi connectivity index (χ1v) is 14.3. The van der Waals surface area contributed by atoms with Gasteiger partial charge in [-0.05, 0) is 55.1 Å². The normalized spacial score (nSPS) is 22.5. The number of carbonyl (C=O) groups is 1. The van der Waals surface area contributed by atoms with Crippen molar-refractivity contribution in [1.29, 1.82) is 0 Å².